The van der Waals surface area contributed by atoms with E-state index < -0.39 is 9.84 Å². The molecule has 2 fully saturated rings. The van der Waals surface area contributed by atoms with Crippen LogP contribution in [-0.2, 0) is 22.7 Å². The molecule has 7 nitrogen and oxygen atoms in total. The third-order valence-electron chi connectivity index (χ3n) is 6.92. The summed E-state index contributed by atoms with van der Waals surface area (Å²) >= 11 is 0. The molecule has 2 atom stereocenters. The van der Waals surface area contributed by atoms with Crippen molar-refractivity contribution in [3.05, 3.63) is 46.8 Å². The Morgan fingerprint density at radius 2 is 1.77 bits per heavy atom. The first-order valence-electron chi connectivity index (χ1n) is 11.3. The van der Waals surface area contributed by atoms with Gasteiger partial charge in [0.25, 0.3) is 5.91 Å². The van der Waals surface area contributed by atoms with Gasteiger partial charge in [0.15, 0.2) is 15.5 Å². The van der Waals surface area contributed by atoms with E-state index in [0.29, 0.717) is 5.69 Å². The van der Waals surface area contributed by atoms with Crippen molar-refractivity contribution in [2.24, 2.45) is 0 Å². The predicted octanol–water partition coefficient (Wildman–Crippen LogP) is 2.05. The molecule has 2 aromatic rings. The van der Waals surface area contributed by atoms with E-state index in [1.165, 1.54) is 12.0 Å². The van der Waals surface area contributed by atoms with Crippen LogP contribution in [0.3, 0.4) is 0 Å². The van der Waals surface area contributed by atoms with Gasteiger partial charge in [-0.3, -0.25) is 9.69 Å². The minimum Gasteiger partial charge on any atom is -0.345 e. The number of piperidine rings is 1. The molecule has 1 N–H and O–H groups in total. The number of carbonyl (C=O) groups excluding carboxylic acids is 1. The number of hydrogen-bond acceptors (Lipinski definition) is 5. The Morgan fingerprint density at radius 1 is 1.03 bits per heavy atom. The largest absolute Gasteiger partial charge is 0.345 e. The molecule has 3 aliphatic rings. The van der Waals surface area contributed by atoms with Crippen LogP contribution < -0.4 is 5.32 Å². The molecule has 5 rings (SSSR count). The van der Waals surface area contributed by atoms with Crippen LogP contribution >= 0.6 is 0 Å². The van der Waals surface area contributed by atoms with Crippen molar-refractivity contribution >= 4 is 15.7 Å². The summed E-state index contributed by atoms with van der Waals surface area (Å²) in [6, 6.07) is 7.63. The first kappa shape index (κ1) is 20.7. The fourth-order valence-electron chi connectivity index (χ4n) is 5.33. The van der Waals surface area contributed by atoms with E-state index in [0.717, 1.165) is 62.1 Å². The number of likely N-dealkylation sites (tertiary alicyclic amines) is 1. The standard InChI is InChI=1S/C23H30N4O3S/c1-16-8-10-17(11-9-16)27-20-7-5-6-18(20)22(25-27)23(28)24-19-14-31(29,30)15-21(19)26-12-3-2-4-13-26/h8-11,19,21H,2-7,12-15H2,1H3,(H,24,28)/t19-,21-/m1/s1. The van der Waals surface area contributed by atoms with Crippen molar-refractivity contribution in [1.82, 2.24) is 20.0 Å². The summed E-state index contributed by atoms with van der Waals surface area (Å²) in [4.78, 5) is 15.6. The van der Waals surface area contributed by atoms with Gasteiger partial charge in [0, 0.05) is 17.3 Å². The van der Waals surface area contributed by atoms with E-state index in [1.54, 1.807) is 0 Å². The van der Waals surface area contributed by atoms with Gasteiger partial charge >= 0.3 is 0 Å². The summed E-state index contributed by atoms with van der Waals surface area (Å²) in [5, 5.41) is 7.76. The number of carbonyl (C=O) groups is 1. The van der Waals surface area contributed by atoms with Crippen molar-refractivity contribution in [1.29, 1.82) is 0 Å². The molecule has 2 aliphatic heterocycles. The fourth-order valence-corrected chi connectivity index (χ4v) is 7.29. The third kappa shape index (κ3) is 4.03. The zero-order valence-electron chi connectivity index (χ0n) is 18.0. The number of hydrogen-bond donors (Lipinski definition) is 1. The van der Waals surface area contributed by atoms with Crippen LogP contribution in [0.5, 0.6) is 0 Å². The topological polar surface area (TPSA) is 84.3 Å². The van der Waals surface area contributed by atoms with Gasteiger partial charge in [0.2, 0.25) is 0 Å². The Labute approximate surface area is 183 Å². The summed E-state index contributed by atoms with van der Waals surface area (Å²) in [7, 11) is -3.16. The highest BCUT2D eigenvalue weighted by atomic mass is 32.2. The van der Waals surface area contributed by atoms with E-state index in [4.69, 9.17) is 0 Å². The highest BCUT2D eigenvalue weighted by Crippen LogP contribution is 2.29. The molecular weight excluding hydrogens is 412 g/mol. The number of sulfone groups is 1. The third-order valence-corrected chi connectivity index (χ3v) is 8.64. The Kier molecular flexibility index (Phi) is 5.38. The molecule has 1 aromatic heterocycles. The van der Waals surface area contributed by atoms with Gasteiger partial charge in [-0.05, 0) is 64.3 Å². The average Bonchev–Trinajstić information content (AvgIpc) is 3.43. The van der Waals surface area contributed by atoms with Gasteiger partial charge in [0.05, 0.1) is 23.2 Å². The Balaban J connectivity index is 1.41. The predicted molar refractivity (Wildman–Crippen MR) is 119 cm³/mol. The number of fused-ring (bicyclic) bond motifs is 1. The molecule has 8 heteroatoms. The lowest BCUT2D eigenvalue weighted by Crippen LogP contribution is -2.52. The lowest BCUT2D eigenvalue weighted by Gasteiger charge is -2.34. The van der Waals surface area contributed by atoms with Crippen molar-refractivity contribution < 1.29 is 13.2 Å². The van der Waals surface area contributed by atoms with Crippen molar-refractivity contribution in [3.63, 3.8) is 0 Å². The smallest absolute Gasteiger partial charge is 0.272 e. The molecule has 31 heavy (non-hydrogen) atoms. The lowest BCUT2D eigenvalue weighted by molar-refractivity contribution is 0.0893. The van der Waals surface area contributed by atoms with Crippen LogP contribution in [0.15, 0.2) is 24.3 Å². The zero-order chi connectivity index (χ0) is 21.6. The van der Waals surface area contributed by atoms with Crippen molar-refractivity contribution in [2.45, 2.75) is 57.5 Å². The maximum Gasteiger partial charge on any atom is 0.272 e. The molecule has 0 bridgehead atoms. The van der Waals surface area contributed by atoms with Crippen molar-refractivity contribution in [3.8, 4) is 5.69 Å². The Bertz CT molecular complexity index is 1080. The highest BCUT2D eigenvalue weighted by Gasteiger charge is 2.42. The van der Waals surface area contributed by atoms with E-state index in [1.807, 2.05) is 35.9 Å². The maximum atomic E-state index is 13.3. The van der Waals surface area contributed by atoms with Crippen molar-refractivity contribution in [2.75, 3.05) is 24.6 Å². The average molecular weight is 443 g/mol. The molecule has 1 aliphatic carbocycles. The van der Waals surface area contributed by atoms with Gasteiger partial charge in [-0.25, -0.2) is 13.1 Å². The minimum atomic E-state index is -3.16. The van der Waals surface area contributed by atoms with Crippen LogP contribution in [0, 0.1) is 6.92 Å². The van der Waals surface area contributed by atoms with E-state index in [2.05, 4.69) is 15.3 Å². The number of aryl methyl sites for hydroxylation is 1. The van der Waals surface area contributed by atoms with Gasteiger partial charge in [-0.15, -0.1) is 0 Å². The Hall–Kier alpha value is -2.19. The normalized spacial score (nSPS) is 25.5. The number of nitrogens with zero attached hydrogens (tertiary/aromatic N) is 3. The second-order valence-electron chi connectivity index (χ2n) is 9.20. The maximum absolute atomic E-state index is 13.3. The molecule has 0 saturated carbocycles. The SMILES string of the molecule is Cc1ccc(-n2nc(C(=O)N[C@@H]3CS(=O)(=O)C[C@H]3N3CCCCC3)c3c2CCC3)cc1. The van der Waals surface area contributed by atoms with E-state index in [9.17, 15) is 13.2 Å². The highest BCUT2D eigenvalue weighted by molar-refractivity contribution is 7.91. The van der Waals surface area contributed by atoms with Crippen LogP contribution in [-0.4, -0.2) is 65.7 Å². The van der Waals surface area contributed by atoms with Crippen LogP contribution in [0.1, 0.15) is 53.0 Å². The molecule has 2 saturated heterocycles. The Morgan fingerprint density at radius 3 is 2.52 bits per heavy atom. The van der Waals surface area contributed by atoms with Gasteiger partial charge in [0.1, 0.15) is 0 Å². The van der Waals surface area contributed by atoms with Crippen LogP contribution in [0.2, 0.25) is 0 Å². The lowest BCUT2D eigenvalue weighted by atomic mass is 10.0. The summed E-state index contributed by atoms with van der Waals surface area (Å²) in [5.41, 5.74) is 4.69. The minimum absolute atomic E-state index is 0.0147. The number of rotatable bonds is 4. The monoisotopic (exact) mass is 442 g/mol. The second kappa shape index (κ2) is 8.06. The second-order valence-corrected chi connectivity index (χ2v) is 11.3. The molecule has 3 heterocycles. The quantitative estimate of drug-likeness (QED) is 0.784. The number of benzene rings is 1. The number of nitrogens with one attached hydrogen (secondary N) is 1. The summed E-state index contributed by atoms with van der Waals surface area (Å²) in [6.07, 6.45) is 6.11. The van der Waals surface area contributed by atoms with E-state index >= 15 is 0 Å². The van der Waals surface area contributed by atoms with Gasteiger partial charge < -0.3 is 5.32 Å². The van der Waals surface area contributed by atoms with Gasteiger partial charge in [-0.2, -0.15) is 5.10 Å². The number of aromatic nitrogens is 2. The molecule has 1 aromatic carbocycles. The van der Waals surface area contributed by atoms with Crippen LogP contribution in [0.4, 0.5) is 0 Å². The first-order valence-corrected chi connectivity index (χ1v) is 13.2. The van der Waals surface area contributed by atoms with E-state index in [-0.39, 0.29) is 29.5 Å². The summed E-state index contributed by atoms with van der Waals surface area (Å²) in [6.45, 7) is 3.86. The summed E-state index contributed by atoms with van der Waals surface area (Å²) in [5.74, 6) is -0.0950. The van der Waals surface area contributed by atoms with Gasteiger partial charge in [-0.1, -0.05) is 24.1 Å². The molecule has 1 amide bonds. The van der Waals surface area contributed by atoms with Crippen LogP contribution in [0.25, 0.3) is 5.69 Å². The summed E-state index contributed by atoms with van der Waals surface area (Å²) < 4.78 is 26.7. The molecule has 0 unspecified atom stereocenters. The molecule has 0 spiro atoms. The first-order chi connectivity index (χ1) is 14.9. The molecule has 0 radical (unpaired) electrons. The molecule has 166 valence electrons. The zero-order valence-corrected chi connectivity index (χ0v) is 18.8. The molecular formula is C23H30N4O3S. The number of amides is 1. The fraction of sp³-hybridized carbons (Fsp3) is 0.565.